The molecule has 2 heterocycles. The number of carboxylic acid groups (broad SMARTS) is 1. The largest absolute Gasteiger partial charge is 0.480 e. The lowest BCUT2D eigenvalue weighted by molar-refractivity contribution is -0.137. The number of aryl methyl sites for hydroxylation is 1. The van der Waals surface area contributed by atoms with Crippen LogP contribution >= 0.6 is 0 Å². The Labute approximate surface area is 143 Å². The lowest BCUT2D eigenvalue weighted by Crippen LogP contribution is -2.15. The van der Waals surface area contributed by atoms with E-state index >= 15 is 0 Å². The molecule has 0 atom stereocenters. The van der Waals surface area contributed by atoms with Gasteiger partial charge in [-0.1, -0.05) is 5.16 Å². The van der Waals surface area contributed by atoms with Crippen molar-refractivity contribution in [2.24, 2.45) is 0 Å². The van der Waals surface area contributed by atoms with Gasteiger partial charge in [0, 0.05) is 34.8 Å². The van der Waals surface area contributed by atoms with Crippen LogP contribution in [-0.4, -0.2) is 26.7 Å². The number of amides is 1. The van der Waals surface area contributed by atoms with Crippen molar-refractivity contribution in [1.29, 1.82) is 0 Å². The second kappa shape index (κ2) is 6.08. The van der Waals surface area contributed by atoms with Gasteiger partial charge in [0.2, 0.25) is 0 Å². The van der Waals surface area contributed by atoms with Gasteiger partial charge in [0.15, 0.2) is 5.69 Å². The highest BCUT2D eigenvalue weighted by Crippen LogP contribution is 2.26. The van der Waals surface area contributed by atoms with Gasteiger partial charge in [0.1, 0.15) is 12.3 Å². The van der Waals surface area contributed by atoms with E-state index in [9.17, 15) is 9.59 Å². The molecule has 0 spiro atoms. The summed E-state index contributed by atoms with van der Waals surface area (Å²) in [6.07, 6.45) is 5.47. The van der Waals surface area contributed by atoms with E-state index in [0.29, 0.717) is 11.4 Å². The van der Waals surface area contributed by atoms with Gasteiger partial charge in [0.05, 0.1) is 0 Å². The Morgan fingerprint density at radius 3 is 2.92 bits per heavy atom. The Kier molecular flexibility index (Phi) is 3.76. The number of nitrogens with one attached hydrogen (secondary N) is 1. The predicted molar refractivity (Wildman–Crippen MR) is 90.7 cm³/mol. The van der Waals surface area contributed by atoms with E-state index in [4.69, 9.17) is 9.63 Å². The number of hydrogen-bond donors (Lipinski definition) is 2. The SMILES string of the molecule is O=C(O)Cn1ccc2cc(NC(=O)c3noc4c3CCCC4)ccc21. The molecule has 0 fully saturated rings. The fraction of sp³-hybridized carbons (Fsp3) is 0.278. The Balaban J connectivity index is 1.57. The van der Waals surface area contributed by atoms with Gasteiger partial charge in [-0.15, -0.1) is 0 Å². The Hall–Kier alpha value is -3.09. The van der Waals surface area contributed by atoms with Crippen LogP contribution in [0.5, 0.6) is 0 Å². The third-order valence-electron chi connectivity index (χ3n) is 4.50. The summed E-state index contributed by atoms with van der Waals surface area (Å²) in [5, 5.41) is 16.6. The molecule has 25 heavy (non-hydrogen) atoms. The maximum Gasteiger partial charge on any atom is 0.323 e. The summed E-state index contributed by atoms with van der Waals surface area (Å²) in [5.74, 6) is -0.362. The van der Waals surface area contributed by atoms with Crippen molar-refractivity contribution < 1.29 is 19.2 Å². The van der Waals surface area contributed by atoms with E-state index in [-0.39, 0.29) is 12.5 Å². The highest BCUT2D eigenvalue weighted by molar-refractivity contribution is 6.04. The van der Waals surface area contributed by atoms with Crippen LogP contribution in [0.15, 0.2) is 35.0 Å². The first-order valence-corrected chi connectivity index (χ1v) is 8.21. The van der Waals surface area contributed by atoms with Gasteiger partial charge >= 0.3 is 5.97 Å². The van der Waals surface area contributed by atoms with E-state index in [2.05, 4.69) is 10.5 Å². The summed E-state index contributed by atoms with van der Waals surface area (Å²) in [6.45, 7) is -0.0969. The van der Waals surface area contributed by atoms with Gasteiger partial charge in [-0.05, 0) is 43.5 Å². The molecule has 3 aromatic rings. The molecule has 2 aromatic heterocycles. The molecule has 4 rings (SSSR count). The highest BCUT2D eigenvalue weighted by atomic mass is 16.5. The lowest BCUT2D eigenvalue weighted by Gasteiger charge is -2.09. The van der Waals surface area contributed by atoms with E-state index in [1.165, 1.54) is 0 Å². The zero-order valence-electron chi connectivity index (χ0n) is 13.5. The van der Waals surface area contributed by atoms with Crippen molar-refractivity contribution in [2.45, 2.75) is 32.2 Å². The third kappa shape index (κ3) is 2.88. The van der Waals surface area contributed by atoms with Gasteiger partial charge < -0.3 is 19.5 Å². The minimum Gasteiger partial charge on any atom is -0.480 e. The zero-order valence-corrected chi connectivity index (χ0v) is 13.5. The number of rotatable bonds is 4. The summed E-state index contributed by atoms with van der Waals surface area (Å²) < 4.78 is 6.94. The number of benzene rings is 1. The molecule has 1 aromatic carbocycles. The number of aromatic nitrogens is 2. The molecule has 0 unspecified atom stereocenters. The number of aliphatic carboxylic acids is 1. The fourth-order valence-electron chi connectivity index (χ4n) is 3.31. The summed E-state index contributed by atoms with van der Waals surface area (Å²) in [7, 11) is 0. The van der Waals surface area contributed by atoms with Crippen LogP contribution in [0.2, 0.25) is 0 Å². The monoisotopic (exact) mass is 339 g/mol. The van der Waals surface area contributed by atoms with Crippen LogP contribution in [0.4, 0.5) is 5.69 Å². The lowest BCUT2D eigenvalue weighted by atomic mass is 9.96. The number of hydrogen-bond acceptors (Lipinski definition) is 4. The molecule has 0 saturated carbocycles. The number of carbonyl (C=O) groups excluding carboxylic acids is 1. The zero-order chi connectivity index (χ0) is 17.4. The third-order valence-corrected chi connectivity index (χ3v) is 4.50. The van der Waals surface area contributed by atoms with Crippen molar-refractivity contribution in [3.8, 4) is 0 Å². The van der Waals surface area contributed by atoms with E-state index in [0.717, 1.165) is 47.9 Å². The van der Waals surface area contributed by atoms with E-state index in [1.54, 1.807) is 22.9 Å². The van der Waals surface area contributed by atoms with Gasteiger partial charge in [-0.3, -0.25) is 9.59 Å². The van der Waals surface area contributed by atoms with Crippen molar-refractivity contribution in [1.82, 2.24) is 9.72 Å². The predicted octanol–water partition coefficient (Wildman–Crippen LogP) is 2.85. The minimum absolute atomic E-state index is 0.0969. The summed E-state index contributed by atoms with van der Waals surface area (Å²) in [4.78, 5) is 23.4. The van der Waals surface area contributed by atoms with Crippen molar-refractivity contribution in [2.75, 3.05) is 5.32 Å². The molecule has 1 aliphatic carbocycles. The molecule has 7 heteroatoms. The van der Waals surface area contributed by atoms with Crippen LogP contribution in [0.3, 0.4) is 0 Å². The number of carboxylic acids is 1. The molecule has 1 aliphatic rings. The number of fused-ring (bicyclic) bond motifs is 2. The van der Waals surface area contributed by atoms with Crippen LogP contribution < -0.4 is 5.32 Å². The molecule has 1 amide bonds. The Morgan fingerprint density at radius 1 is 1.24 bits per heavy atom. The van der Waals surface area contributed by atoms with E-state index < -0.39 is 5.97 Å². The van der Waals surface area contributed by atoms with Crippen molar-refractivity contribution >= 4 is 28.5 Å². The van der Waals surface area contributed by atoms with E-state index in [1.807, 2.05) is 12.1 Å². The van der Waals surface area contributed by atoms with Gasteiger partial charge in [-0.2, -0.15) is 0 Å². The van der Waals surface area contributed by atoms with Gasteiger partial charge in [0.25, 0.3) is 5.91 Å². The first kappa shape index (κ1) is 15.4. The Morgan fingerprint density at radius 2 is 2.08 bits per heavy atom. The molecule has 7 nitrogen and oxygen atoms in total. The molecular formula is C18H17N3O4. The topological polar surface area (TPSA) is 97.4 Å². The summed E-state index contributed by atoms with van der Waals surface area (Å²) in [5.41, 5.74) is 2.72. The number of carbonyl (C=O) groups is 2. The number of anilines is 1. The highest BCUT2D eigenvalue weighted by Gasteiger charge is 2.24. The molecule has 0 bridgehead atoms. The maximum atomic E-state index is 12.5. The van der Waals surface area contributed by atoms with Crippen LogP contribution in [0.1, 0.15) is 34.7 Å². The van der Waals surface area contributed by atoms with Crippen molar-refractivity contribution in [3.63, 3.8) is 0 Å². The first-order chi connectivity index (χ1) is 12.1. The minimum atomic E-state index is -0.898. The van der Waals surface area contributed by atoms with Crippen molar-refractivity contribution in [3.05, 3.63) is 47.5 Å². The molecule has 0 radical (unpaired) electrons. The Bertz CT molecular complexity index is 970. The smallest absolute Gasteiger partial charge is 0.323 e. The first-order valence-electron chi connectivity index (χ1n) is 8.21. The molecular weight excluding hydrogens is 322 g/mol. The molecule has 128 valence electrons. The molecule has 2 N–H and O–H groups in total. The average Bonchev–Trinajstić information content (AvgIpc) is 3.18. The van der Waals surface area contributed by atoms with Crippen LogP contribution in [0, 0.1) is 0 Å². The standard InChI is InChI=1S/C18H17N3O4/c22-16(23)10-21-8-7-11-9-12(5-6-14(11)21)19-18(24)17-13-3-1-2-4-15(13)25-20-17/h5-9H,1-4,10H2,(H,19,24)(H,22,23). The normalized spacial score (nSPS) is 13.6. The van der Waals surface area contributed by atoms with Gasteiger partial charge in [-0.25, -0.2) is 0 Å². The number of nitrogens with zero attached hydrogens (tertiary/aromatic N) is 2. The second-order valence-corrected chi connectivity index (χ2v) is 6.21. The van der Waals surface area contributed by atoms with Crippen LogP contribution in [0.25, 0.3) is 10.9 Å². The van der Waals surface area contributed by atoms with Crippen LogP contribution in [-0.2, 0) is 24.2 Å². The molecule has 0 aliphatic heterocycles. The summed E-state index contributed by atoms with van der Waals surface area (Å²) >= 11 is 0. The average molecular weight is 339 g/mol. The maximum absolute atomic E-state index is 12.5. The second-order valence-electron chi connectivity index (χ2n) is 6.21. The fourth-order valence-corrected chi connectivity index (χ4v) is 3.31. The molecule has 0 saturated heterocycles. The quantitative estimate of drug-likeness (QED) is 0.762. The summed E-state index contributed by atoms with van der Waals surface area (Å²) in [6, 6.07) is 7.20.